The molecule has 5 heteroatoms. The Balaban J connectivity index is 2.35. The summed E-state index contributed by atoms with van der Waals surface area (Å²) in [6, 6.07) is 0. The van der Waals surface area contributed by atoms with Crippen LogP contribution in [0.4, 0.5) is 0 Å². The molecule has 2 aromatic heterocycles. The summed E-state index contributed by atoms with van der Waals surface area (Å²) in [7, 11) is 0. The second-order valence-corrected chi connectivity index (χ2v) is 4.38. The lowest BCUT2D eigenvalue weighted by Crippen LogP contribution is -2.20. The van der Waals surface area contributed by atoms with Crippen LogP contribution in [-0.2, 0) is 18.0 Å². The molecule has 0 radical (unpaired) electrons. The third-order valence-electron chi connectivity index (χ3n) is 2.98. The summed E-state index contributed by atoms with van der Waals surface area (Å²) in [5.74, 6) is 0.198. The zero-order valence-corrected chi connectivity index (χ0v) is 9.28. The standard InChI is InChI=1S/C11H13N3O2/c1-6(2)7-3-12-10-8-4-16-5-9(8)13-14(10)11(7)15/h3,6,12H,4-5H2,1-2H3. The maximum Gasteiger partial charge on any atom is 0.277 e. The zero-order chi connectivity index (χ0) is 11.3. The Hall–Kier alpha value is -1.62. The van der Waals surface area contributed by atoms with Gasteiger partial charge in [-0.25, -0.2) is 0 Å². The second kappa shape index (κ2) is 3.18. The van der Waals surface area contributed by atoms with Crippen molar-refractivity contribution in [3.05, 3.63) is 33.4 Å². The molecule has 3 heterocycles. The highest BCUT2D eigenvalue weighted by Gasteiger charge is 2.21. The van der Waals surface area contributed by atoms with Crippen molar-refractivity contribution in [1.82, 2.24) is 14.6 Å². The molecule has 0 amide bonds. The third kappa shape index (κ3) is 1.15. The zero-order valence-electron chi connectivity index (χ0n) is 9.28. The molecule has 0 atom stereocenters. The van der Waals surface area contributed by atoms with Gasteiger partial charge < -0.3 is 9.72 Å². The molecule has 0 saturated heterocycles. The average molecular weight is 219 g/mol. The fraction of sp³-hybridized carbons (Fsp3) is 0.455. The van der Waals surface area contributed by atoms with Crippen LogP contribution in [0.15, 0.2) is 11.0 Å². The van der Waals surface area contributed by atoms with Crippen LogP contribution in [0.5, 0.6) is 0 Å². The minimum absolute atomic E-state index is 0.0295. The number of nitrogens with zero attached hydrogens (tertiary/aromatic N) is 2. The number of H-pyrrole nitrogens is 1. The lowest BCUT2D eigenvalue weighted by Gasteiger charge is -2.04. The number of rotatable bonds is 1. The molecule has 3 rings (SSSR count). The van der Waals surface area contributed by atoms with Crippen molar-refractivity contribution in [2.24, 2.45) is 0 Å². The molecular weight excluding hydrogens is 206 g/mol. The smallest absolute Gasteiger partial charge is 0.277 e. The topological polar surface area (TPSA) is 59.4 Å². The predicted molar refractivity (Wildman–Crippen MR) is 58.4 cm³/mol. The molecule has 1 aliphatic rings. The van der Waals surface area contributed by atoms with Crippen LogP contribution in [-0.4, -0.2) is 14.6 Å². The first-order valence-electron chi connectivity index (χ1n) is 5.38. The predicted octanol–water partition coefficient (Wildman–Crippen LogP) is 1.18. The summed E-state index contributed by atoms with van der Waals surface area (Å²) in [6.07, 6.45) is 1.78. The average Bonchev–Trinajstić information content (AvgIpc) is 2.78. The highest BCUT2D eigenvalue weighted by Crippen LogP contribution is 2.21. The first-order chi connectivity index (χ1) is 7.68. The molecule has 1 N–H and O–H groups in total. The van der Waals surface area contributed by atoms with Gasteiger partial charge in [-0.15, -0.1) is 0 Å². The van der Waals surface area contributed by atoms with Crippen LogP contribution < -0.4 is 5.56 Å². The second-order valence-electron chi connectivity index (χ2n) is 4.38. The summed E-state index contributed by atoms with van der Waals surface area (Å²) in [5.41, 5.74) is 3.37. The van der Waals surface area contributed by atoms with Crippen LogP contribution >= 0.6 is 0 Å². The maximum absolute atomic E-state index is 12.1. The van der Waals surface area contributed by atoms with E-state index in [0.29, 0.717) is 13.2 Å². The number of nitrogens with one attached hydrogen (secondary N) is 1. The Morgan fingerprint density at radius 1 is 1.50 bits per heavy atom. The fourth-order valence-corrected chi connectivity index (χ4v) is 2.05. The molecule has 0 unspecified atom stereocenters. The summed E-state index contributed by atoms with van der Waals surface area (Å²) in [4.78, 5) is 15.3. The van der Waals surface area contributed by atoms with Gasteiger partial charge in [0.15, 0.2) is 0 Å². The molecule has 0 bridgehead atoms. The third-order valence-corrected chi connectivity index (χ3v) is 2.98. The van der Waals surface area contributed by atoms with Gasteiger partial charge in [0.1, 0.15) is 5.65 Å². The number of aromatic amines is 1. The Kier molecular flexibility index (Phi) is 1.91. The molecule has 84 valence electrons. The van der Waals surface area contributed by atoms with Crippen molar-refractivity contribution in [3.63, 3.8) is 0 Å². The molecule has 1 aliphatic heterocycles. The lowest BCUT2D eigenvalue weighted by molar-refractivity contribution is 0.132. The van der Waals surface area contributed by atoms with Gasteiger partial charge in [-0.2, -0.15) is 9.61 Å². The van der Waals surface area contributed by atoms with E-state index in [0.717, 1.165) is 22.5 Å². The summed E-state index contributed by atoms with van der Waals surface area (Å²) in [6.45, 7) is 5.03. The van der Waals surface area contributed by atoms with E-state index in [9.17, 15) is 4.79 Å². The monoisotopic (exact) mass is 219 g/mol. The highest BCUT2D eigenvalue weighted by molar-refractivity contribution is 5.50. The van der Waals surface area contributed by atoms with Crippen LogP contribution in [0.1, 0.15) is 36.6 Å². The Labute approximate surface area is 92.1 Å². The Morgan fingerprint density at radius 3 is 3.06 bits per heavy atom. The van der Waals surface area contributed by atoms with Gasteiger partial charge in [-0.05, 0) is 5.92 Å². The molecule has 0 spiro atoms. The van der Waals surface area contributed by atoms with E-state index in [4.69, 9.17) is 4.74 Å². The molecule has 0 saturated carbocycles. The maximum atomic E-state index is 12.1. The minimum atomic E-state index is -0.0295. The van der Waals surface area contributed by atoms with Gasteiger partial charge in [-0.1, -0.05) is 13.8 Å². The summed E-state index contributed by atoms with van der Waals surface area (Å²) >= 11 is 0. The first-order valence-corrected chi connectivity index (χ1v) is 5.38. The normalized spacial score (nSPS) is 14.9. The van der Waals surface area contributed by atoms with Crippen molar-refractivity contribution < 1.29 is 4.74 Å². The number of fused-ring (bicyclic) bond motifs is 3. The number of hydrogen-bond donors (Lipinski definition) is 1. The highest BCUT2D eigenvalue weighted by atomic mass is 16.5. The van der Waals surface area contributed by atoms with Crippen molar-refractivity contribution in [3.8, 4) is 0 Å². The number of hydrogen-bond acceptors (Lipinski definition) is 3. The van der Waals surface area contributed by atoms with Crippen LogP contribution in [0.2, 0.25) is 0 Å². The van der Waals surface area contributed by atoms with Crippen LogP contribution in [0.25, 0.3) is 5.65 Å². The van der Waals surface area contributed by atoms with Gasteiger partial charge in [0, 0.05) is 17.3 Å². The largest absolute Gasteiger partial charge is 0.370 e. The van der Waals surface area contributed by atoms with Gasteiger partial charge in [0.25, 0.3) is 5.56 Å². The molecule has 2 aromatic rings. The van der Waals surface area contributed by atoms with E-state index < -0.39 is 0 Å². The van der Waals surface area contributed by atoms with Crippen LogP contribution in [0.3, 0.4) is 0 Å². The van der Waals surface area contributed by atoms with Crippen molar-refractivity contribution in [2.45, 2.75) is 33.0 Å². The van der Waals surface area contributed by atoms with Gasteiger partial charge in [0.2, 0.25) is 0 Å². The van der Waals surface area contributed by atoms with Crippen molar-refractivity contribution in [2.75, 3.05) is 0 Å². The number of aromatic nitrogens is 3. The van der Waals surface area contributed by atoms with Crippen molar-refractivity contribution >= 4 is 5.65 Å². The fourth-order valence-electron chi connectivity index (χ4n) is 2.05. The Morgan fingerprint density at radius 2 is 2.31 bits per heavy atom. The van der Waals surface area contributed by atoms with Gasteiger partial charge in [0.05, 0.1) is 18.9 Å². The molecule has 0 aromatic carbocycles. The molecule has 16 heavy (non-hydrogen) atoms. The first kappa shape index (κ1) is 9.59. The molecule has 0 aliphatic carbocycles. The number of ether oxygens (including phenoxy) is 1. The SMILES string of the molecule is CC(C)c1c[nH]c2c3c(nn2c1=O)COC3. The summed E-state index contributed by atoms with van der Waals surface area (Å²) < 4.78 is 6.74. The van der Waals surface area contributed by atoms with Gasteiger partial charge in [-0.3, -0.25) is 4.79 Å². The van der Waals surface area contributed by atoms with Crippen LogP contribution in [0, 0.1) is 0 Å². The molecule has 5 nitrogen and oxygen atoms in total. The van der Waals surface area contributed by atoms with E-state index >= 15 is 0 Å². The van der Waals surface area contributed by atoms with Crippen molar-refractivity contribution in [1.29, 1.82) is 0 Å². The van der Waals surface area contributed by atoms with E-state index in [-0.39, 0.29) is 11.5 Å². The quantitative estimate of drug-likeness (QED) is 0.783. The van der Waals surface area contributed by atoms with E-state index in [2.05, 4.69) is 10.1 Å². The van der Waals surface area contributed by atoms with E-state index in [1.54, 1.807) is 6.20 Å². The minimum Gasteiger partial charge on any atom is -0.370 e. The van der Waals surface area contributed by atoms with E-state index in [1.807, 2.05) is 13.8 Å². The lowest BCUT2D eigenvalue weighted by atomic mass is 10.1. The summed E-state index contributed by atoms with van der Waals surface area (Å²) in [5, 5.41) is 4.28. The molecule has 0 fully saturated rings. The Bertz CT molecular complexity index is 609. The van der Waals surface area contributed by atoms with Gasteiger partial charge >= 0.3 is 0 Å². The van der Waals surface area contributed by atoms with E-state index in [1.165, 1.54) is 4.52 Å². The molecular formula is C11H13N3O2.